The molecule has 0 spiro atoms. The Morgan fingerprint density at radius 1 is 1.50 bits per heavy atom. The van der Waals surface area contributed by atoms with E-state index >= 15 is 0 Å². The Morgan fingerprint density at radius 2 is 2.27 bits per heavy atom. The van der Waals surface area contributed by atoms with E-state index in [0.29, 0.717) is 31.0 Å². The third-order valence-electron chi connectivity index (χ3n) is 2.80. The molecule has 0 saturated heterocycles. The van der Waals surface area contributed by atoms with E-state index in [1.807, 2.05) is 18.2 Å². The minimum atomic E-state index is -0.232. The molecule has 5 nitrogen and oxygen atoms in total. The first kappa shape index (κ1) is 19.1. The maximum atomic E-state index is 12.2. The number of nitrogens with one attached hydrogen (secondary N) is 1. The molecule has 1 heterocycles. The molecule has 8 heteroatoms. The second-order valence-corrected chi connectivity index (χ2v) is 6.12. The Balaban J connectivity index is 0.00000242. The summed E-state index contributed by atoms with van der Waals surface area (Å²) >= 11 is 4.90. The van der Waals surface area contributed by atoms with Gasteiger partial charge in [-0.2, -0.15) is 0 Å². The van der Waals surface area contributed by atoms with Crippen LogP contribution in [-0.4, -0.2) is 24.5 Å². The standard InChI is InChI=1S/C14H16BrN3O2S.ClH/c1-20-7-9-10(15)3-2-4-11(9)18-14(19)12-8-21-13(17-12)5-6-16;/h2-4,8H,5-7,16H2,1H3,(H,18,19);1H. The molecule has 0 fully saturated rings. The van der Waals surface area contributed by atoms with Crippen molar-refractivity contribution in [1.82, 2.24) is 4.98 Å². The Morgan fingerprint density at radius 3 is 2.95 bits per heavy atom. The Kier molecular flexibility index (Phi) is 7.98. The van der Waals surface area contributed by atoms with Gasteiger partial charge in [-0.05, 0) is 18.7 Å². The smallest absolute Gasteiger partial charge is 0.275 e. The summed E-state index contributed by atoms with van der Waals surface area (Å²) in [6.45, 7) is 0.935. The van der Waals surface area contributed by atoms with Crippen molar-refractivity contribution < 1.29 is 9.53 Å². The molecule has 0 saturated carbocycles. The zero-order valence-electron chi connectivity index (χ0n) is 12.0. The second kappa shape index (κ2) is 9.22. The van der Waals surface area contributed by atoms with E-state index in [0.717, 1.165) is 15.0 Å². The summed E-state index contributed by atoms with van der Waals surface area (Å²) in [7, 11) is 1.62. The number of halogens is 2. The van der Waals surface area contributed by atoms with Crippen LogP contribution in [0, 0.1) is 0 Å². The molecular formula is C14H17BrClN3O2S. The quantitative estimate of drug-likeness (QED) is 0.772. The summed E-state index contributed by atoms with van der Waals surface area (Å²) in [6, 6.07) is 5.61. The number of benzene rings is 1. The van der Waals surface area contributed by atoms with E-state index in [9.17, 15) is 4.79 Å². The highest BCUT2D eigenvalue weighted by Crippen LogP contribution is 2.26. The number of thiazole rings is 1. The van der Waals surface area contributed by atoms with Crippen molar-refractivity contribution in [3.8, 4) is 0 Å². The van der Waals surface area contributed by atoms with E-state index in [-0.39, 0.29) is 18.3 Å². The number of hydrogen-bond donors (Lipinski definition) is 2. The van der Waals surface area contributed by atoms with Gasteiger partial charge >= 0.3 is 0 Å². The summed E-state index contributed by atoms with van der Waals surface area (Å²) in [5.41, 5.74) is 7.50. The lowest BCUT2D eigenvalue weighted by Crippen LogP contribution is -2.14. The lowest BCUT2D eigenvalue weighted by Gasteiger charge is -2.11. The van der Waals surface area contributed by atoms with Gasteiger partial charge < -0.3 is 15.8 Å². The third kappa shape index (κ3) is 4.76. The number of anilines is 1. The SMILES string of the molecule is COCc1c(Br)cccc1NC(=O)c1csc(CCN)n1.Cl. The van der Waals surface area contributed by atoms with Crippen LogP contribution in [0.3, 0.4) is 0 Å². The Labute approximate surface area is 147 Å². The van der Waals surface area contributed by atoms with Crippen molar-refractivity contribution in [1.29, 1.82) is 0 Å². The van der Waals surface area contributed by atoms with Crippen molar-refractivity contribution >= 4 is 51.3 Å². The van der Waals surface area contributed by atoms with Crippen molar-refractivity contribution in [3.63, 3.8) is 0 Å². The molecule has 2 aromatic rings. The minimum absolute atomic E-state index is 0. The molecule has 1 amide bonds. The molecule has 0 unspecified atom stereocenters. The molecule has 0 atom stereocenters. The maximum absolute atomic E-state index is 12.2. The van der Waals surface area contributed by atoms with Gasteiger partial charge in [0.2, 0.25) is 0 Å². The average Bonchev–Trinajstić information content (AvgIpc) is 2.92. The molecule has 0 aliphatic rings. The monoisotopic (exact) mass is 405 g/mol. The van der Waals surface area contributed by atoms with Gasteiger partial charge in [0, 0.05) is 34.6 Å². The highest BCUT2D eigenvalue weighted by Gasteiger charge is 2.14. The number of carbonyl (C=O) groups is 1. The fourth-order valence-electron chi connectivity index (χ4n) is 1.81. The average molecular weight is 407 g/mol. The van der Waals surface area contributed by atoms with E-state index in [4.69, 9.17) is 10.5 Å². The lowest BCUT2D eigenvalue weighted by molar-refractivity contribution is 0.102. The third-order valence-corrected chi connectivity index (χ3v) is 4.45. The van der Waals surface area contributed by atoms with Crippen molar-refractivity contribution in [2.75, 3.05) is 19.0 Å². The second-order valence-electron chi connectivity index (χ2n) is 4.32. The number of carbonyl (C=O) groups excluding carboxylic acids is 1. The van der Waals surface area contributed by atoms with Gasteiger partial charge in [-0.15, -0.1) is 23.7 Å². The molecule has 0 aliphatic heterocycles. The number of rotatable bonds is 6. The van der Waals surface area contributed by atoms with E-state index in [1.54, 1.807) is 12.5 Å². The van der Waals surface area contributed by atoms with Gasteiger partial charge in [-0.1, -0.05) is 22.0 Å². The summed E-state index contributed by atoms with van der Waals surface area (Å²) in [5.74, 6) is -0.232. The summed E-state index contributed by atoms with van der Waals surface area (Å²) in [6.07, 6.45) is 0.684. The highest BCUT2D eigenvalue weighted by molar-refractivity contribution is 9.10. The highest BCUT2D eigenvalue weighted by atomic mass is 79.9. The minimum Gasteiger partial charge on any atom is -0.380 e. The van der Waals surface area contributed by atoms with Crippen molar-refractivity contribution in [2.45, 2.75) is 13.0 Å². The topological polar surface area (TPSA) is 77.2 Å². The summed E-state index contributed by atoms with van der Waals surface area (Å²) in [5, 5.41) is 5.49. The summed E-state index contributed by atoms with van der Waals surface area (Å²) in [4.78, 5) is 16.5. The van der Waals surface area contributed by atoms with Gasteiger partial charge in [0.05, 0.1) is 11.6 Å². The maximum Gasteiger partial charge on any atom is 0.275 e. The van der Waals surface area contributed by atoms with Crippen LogP contribution < -0.4 is 11.1 Å². The van der Waals surface area contributed by atoms with Crippen LogP contribution in [0.1, 0.15) is 21.1 Å². The number of methoxy groups -OCH3 is 1. The Hall–Kier alpha value is -0.990. The Bertz CT molecular complexity index is 636. The van der Waals surface area contributed by atoms with Gasteiger partial charge in [-0.3, -0.25) is 4.79 Å². The van der Waals surface area contributed by atoms with Crippen molar-refractivity contribution in [3.05, 3.63) is 44.3 Å². The van der Waals surface area contributed by atoms with E-state index < -0.39 is 0 Å². The van der Waals surface area contributed by atoms with Crippen LogP contribution in [0.2, 0.25) is 0 Å². The number of aromatic nitrogens is 1. The fraction of sp³-hybridized carbons (Fsp3) is 0.286. The predicted molar refractivity (Wildman–Crippen MR) is 94.9 cm³/mol. The molecule has 3 N–H and O–H groups in total. The molecule has 0 aliphatic carbocycles. The molecule has 2 rings (SSSR count). The number of nitrogens with two attached hydrogens (primary N) is 1. The van der Waals surface area contributed by atoms with Crippen LogP contribution in [0.15, 0.2) is 28.1 Å². The van der Waals surface area contributed by atoms with Gasteiger partial charge in [0.1, 0.15) is 5.69 Å². The first-order valence-electron chi connectivity index (χ1n) is 6.38. The number of amides is 1. The zero-order valence-corrected chi connectivity index (χ0v) is 15.2. The molecule has 1 aromatic heterocycles. The molecule has 120 valence electrons. The largest absolute Gasteiger partial charge is 0.380 e. The van der Waals surface area contributed by atoms with Crippen LogP contribution >= 0.6 is 39.7 Å². The molecule has 0 bridgehead atoms. The lowest BCUT2D eigenvalue weighted by atomic mass is 10.2. The number of hydrogen-bond acceptors (Lipinski definition) is 5. The van der Waals surface area contributed by atoms with Crippen LogP contribution in [0.5, 0.6) is 0 Å². The molecule has 1 aromatic carbocycles. The van der Waals surface area contributed by atoms with Gasteiger partial charge in [0.15, 0.2) is 0 Å². The summed E-state index contributed by atoms with van der Waals surface area (Å²) < 4.78 is 6.06. The molecule has 0 radical (unpaired) electrons. The number of nitrogens with zero attached hydrogens (tertiary/aromatic N) is 1. The number of ether oxygens (including phenoxy) is 1. The van der Waals surface area contributed by atoms with Crippen LogP contribution in [0.4, 0.5) is 5.69 Å². The van der Waals surface area contributed by atoms with Gasteiger partial charge in [-0.25, -0.2) is 4.98 Å². The van der Waals surface area contributed by atoms with E-state index in [1.165, 1.54) is 11.3 Å². The zero-order chi connectivity index (χ0) is 15.2. The first-order valence-corrected chi connectivity index (χ1v) is 8.05. The van der Waals surface area contributed by atoms with Gasteiger partial charge in [0.25, 0.3) is 5.91 Å². The predicted octanol–water partition coefficient (Wildman–Crippen LogP) is 3.23. The van der Waals surface area contributed by atoms with Crippen LogP contribution in [-0.2, 0) is 17.8 Å². The molecular weight excluding hydrogens is 390 g/mol. The fourth-order valence-corrected chi connectivity index (χ4v) is 3.08. The van der Waals surface area contributed by atoms with Crippen LogP contribution in [0.25, 0.3) is 0 Å². The molecule has 22 heavy (non-hydrogen) atoms. The first-order chi connectivity index (χ1) is 10.2. The van der Waals surface area contributed by atoms with Crippen molar-refractivity contribution in [2.24, 2.45) is 5.73 Å². The van der Waals surface area contributed by atoms with E-state index in [2.05, 4.69) is 26.2 Å². The normalized spacial score (nSPS) is 10.1.